The zero-order valence-corrected chi connectivity index (χ0v) is 19.0. The first kappa shape index (κ1) is 23.9. The van der Waals surface area contributed by atoms with Crippen molar-refractivity contribution in [2.45, 2.75) is 39.3 Å². The molecule has 2 aromatic heterocycles. The Balaban J connectivity index is 1.46. The molecule has 0 saturated heterocycles. The van der Waals surface area contributed by atoms with Gasteiger partial charge in [0.05, 0.1) is 12.7 Å². The summed E-state index contributed by atoms with van der Waals surface area (Å²) in [5, 5.41) is 17.6. The fraction of sp³-hybridized carbons (Fsp3) is 0.261. The molecule has 2 aromatic carbocycles. The number of rotatable bonds is 6. The number of carbonyl (C=O) groups is 1. The highest BCUT2D eigenvalue weighted by molar-refractivity contribution is 5.86. The Hall–Kier alpha value is -4.22. The Bertz CT molecular complexity index is 1350. The Morgan fingerprint density at radius 2 is 1.91 bits per heavy atom. The van der Waals surface area contributed by atoms with E-state index in [1.165, 1.54) is 16.8 Å². The van der Waals surface area contributed by atoms with Gasteiger partial charge in [-0.2, -0.15) is 8.78 Å². The van der Waals surface area contributed by atoms with Crippen LogP contribution >= 0.6 is 0 Å². The van der Waals surface area contributed by atoms with E-state index in [2.05, 4.69) is 25.8 Å². The molecule has 12 heteroatoms. The second kappa shape index (κ2) is 9.57. The predicted octanol–water partition coefficient (Wildman–Crippen LogP) is 5.47. The molecule has 1 N–H and O–H groups in total. The summed E-state index contributed by atoms with van der Waals surface area (Å²) in [5.74, 6) is -1.63. The van der Waals surface area contributed by atoms with Crippen LogP contribution in [0, 0.1) is 5.82 Å². The molecule has 4 aromatic rings. The highest BCUT2D eigenvalue weighted by Crippen LogP contribution is 2.26. The van der Waals surface area contributed by atoms with Gasteiger partial charge in [0.15, 0.2) is 0 Å². The van der Waals surface area contributed by atoms with Crippen LogP contribution in [0.25, 0.3) is 22.7 Å². The average Bonchev–Trinajstić information content (AvgIpc) is 3.44. The third-order valence-corrected chi connectivity index (χ3v) is 4.60. The van der Waals surface area contributed by atoms with Crippen LogP contribution in [-0.4, -0.2) is 36.9 Å². The molecule has 0 unspecified atom stereocenters. The molecular formula is C23H21F3N6O3. The minimum atomic E-state index is -2.91. The van der Waals surface area contributed by atoms with Crippen molar-refractivity contribution in [1.82, 2.24) is 25.2 Å². The number of nitrogens with zero attached hydrogens (tertiary/aromatic N) is 5. The average molecular weight is 486 g/mol. The Kier molecular flexibility index (Phi) is 6.54. The van der Waals surface area contributed by atoms with E-state index in [0.29, 0.717) is 22.5 Å². The maximum absolute atomic E-state index is 14.7. The zero-order chi connectivity index (χ0) is 25.2. The molecule has 0 aliphatic carbocycles. The van der Waals surface area contributed by atoms with Crippen molar-refractivity contribution in [1.29, 1.82) is 0 Å². The van der Waals surface area contributed by atoms with E-state index in [-0.39, 0.29) is 18.0 Å². The first-order valence-corrected chi connectivity index (χ1v) is 10.5. The number of halogens is 3. The van der Waals surface area contributed by atoms with Crippen LogP contribution < -0.4 is 5.32 Å². The molecule has 0 aliphatic heterocycles. The summed E-state index contributed by atoms with van der Waals surface area (Å²) in [4.78, 5) is 12.0. The highest BCUT2D eigenvalue weighted by atomic mass is 19.3. The van der Waals surface area contributed by atoms with E-state index in [1.54, 1.807) is 51.2 Å². The molecule has 0 bridgehead atoms. The van der Waals surface area contributed by atoms with Crippen molar-refractivity contribution in [2.24, 2.45) is 0 Å². The van der Waals surface area contributed by atoms with Crippen LogP contribution in [0.3, 0.4) is 0 Å². The fourth-order valence-corrected chi connectivity index (χ4v) is 3.11. The Morgan fingerprint density at radius 3 is 2.60 bits per heavy atom. The minimum Gasteiger partial charge on any atom is -0.444 e. The lowest BCUT2D eigenvalue weighted by atomic mass is 10.1. The zero-order valence-electron chi connectivity index (χ0n) is 19.0. The summed E-state index contributed by atoms with van der Waals surface area (Å²) in [6.45, 7) is 5.38. The molecule has 9 nitrogen and oxygen atoms in total. The number of hydrogen-bond donors (Lipinski definition) is 1. The van der Waals surface area contributed by atoms with Crippen molar-refractivity contribution >= 4 is 11.8 Å². The number of alkyl halides is 2. The van der Waals surface area contributed by atoms with Gasteiger partial charge < -0.3 is 9.15 Å². The monoisotopic (exact) mass is 486 g/mol. The summed E-state index contributed by atoms with van der Waals surface area (Å²) < 4.78 is 51.5. The second-order valence-electron chi connectivity index (χ2n) is 8.56. The van der Waals surface area contributed by atoms with Gasteiger partial charge in [0.25, 0.3) is 5.89 Å². The summed E-state index contributed by atoms with van der Waals surface area (Å²) in [6.07, 6.45) is -1.86. The predicted molar refractivity (Wildman–Crippen MR) is 119 cm³/mol. The van der Waals surface area contributed by atoms with Crippen molar-refractivity contribution < 1.29 is 27.1 Å². The van der Waals surface area contributed by atoms with Gasteiger partial charge in [-0.15, -0.1) is 15.3 Å². The van der Waals surface area contributed by atoms with Crippen molar-refractivity contribution in [3.8, 4) is 22.7 Å². The van der Waals surface area contributed by atoms with Crippen molar-refractivity contribution in [2.75, 3.05) is 5.32 Å². The molecule has 0 spiro atoms. The van der Waals surface area contributed by atoms with Gasteiger partial charge in [-0.3, -0.25) is 5.32 Å². The third-order valence-electron chi connectivity index (χ3n) is 4.60. The van der Waals surface area contributed by atoms with Crippen LogP contribution in [0.5, 0.6) is 0 Å². The lowest BCUT2D eigenvalue weighted by Gasteiger charge is -2.19. The summed E-state index contributed by atoms with van der Waals surface area (Å²) in [6, 6.07) is 11.1. The third kappa shape index (κ3) is 6.02. The standard InChI is InChI=1S/C23H21F3N6O3/c1-23(2,3)35-22(33)27-16-6-4-5-13(9-16)18-12-32(31-28-18)11-15-8-7-14(10-17(15)24)20-29-30-21(34-20)19(25)26/h4-10,12,19H,11H2,1-3H3,(H,27,33). The Morgan fingerprint density at radius 1 is 1.11 bits per heavy atom. The maximum atomic E-state index is 14.7. The van der Waals surface area contributed by atoms with E-state index in [9.17, 15) is 18.0 Å². The van der Waals surface area contributed by atoms with Crippen LogP contribution in [-0.2, 0) is 11.3 Å². The summed E-state index contributed by atoms with van der Waals surface area (Å²) in [5.41, 5.74) is 1.56. The van der Waals surface area contributed by atoms with Gasteiger partial charge in [0, 0.05) is 22.4 Å². The second-order valence-corrected chi connectivity index (χ2v) is 8.56. The van der Waals surface area contributed by atoms with Gasteiger partial charge in [-0.1, -0.05) is 23.4 Å². The van der Waals surface area contributed by atoms with Crippen molar-refractivity contribution in [3.63, 3.8) is 0 Å². The van der Waals surface area contributed by atoms with E-state index < -0.39 is 29.8 Å². The van der Waals surface area contributed by atoms with Gasteiger partial charge in [-0.25, -0.2) is 13.9 Å². The number of ether oxygens (including phenoxy) is 1. The van der Waals surface area contributed by atoms with E-state index in [1.807, 2.05) is 0 Å². The first-order chi connectivity index (χ1) is 16.6. The largest absolute Gasteiger partial charge is 0.444 e. The molecule has 35 heavy (non-hydrogen) atoms. The SMILES string of the molecule is CC(C)(C)OC(=O)Nc1cccc(-c2cn(Cc3ccc(-c4nnc(C(F)F)o4)cc3F)nn2)c1. The molecule has 0 saturated carbocycles. The molecule has 0 atom stereocenters. The van der Waals surface area contributed by atoms with Crippen LogP contribution in [0.2, 0.25) is 0 Å². The number of hydrogen-bond acceptors (Lipinski definition) is 7. The smallest absolute Gasteiger partial charge is 0.412 e. The van der Waals surface area contributed by atoms with E-state index >= 15 is 0 Å². The fourth-order valence-electron chi connectivity index (χ4n) is 3.11. The van der Waals surface area contributed by atoms with Gasteiger partial charge in [0.1, 0.15) is 17.1 Å². The lowest BCUT2D eigenvalue weighted by molar-refractivity contribution is 0.0636. The lowest BCUT2D eigenvalue weighted by Crippen LogP contribution is -2.27. The maximum Gasteiger partial charge on any atom is 0.412 e. The molecule has 182 valence electrons. The van der Waals surface area contributed by atoms with E-state index in [4.69, 9.17) is 9.15 Å². The number of benzene rings is 2. The molecule has 0 fully saturated rings. The number of anilines is 1. The number of carbonyl (C=O) groups excluding carboxylic acids is 1. The molecule has 4 rings (SSSR count). The summed E-state index contributed by atoms with van der Waals surface area (Å²) >= 11 is 0. The van der Waals surface area contributed by atoms with Crippen LogP contribution in [0.1, 0.15) is 38.7 Å². The van der Waals surface area contributed by atoms with Gasteiger partial charge in [-0.05, 0) is 45.0 Å². The molecular weight excluding hydrogens is 465 g/mol. The first-order valence-electron chi connectivity index (χ1n) is 10.5. The molecule has 1 amide bonds. The Labute approximate surface area is 197 Å². The van der Waals surface area contributed by atoms with Gasteiger partial charge in [0.2, 0.25) is 5.89 Å². The number of nitrogens with one attached hydrogen (secondary N) is 1. The highest BCUT2D eigenvalue weighted by Gasteiger charge is 2.19. The molecule has 0 aliphatic rings. The van der Waals surface area contributed by atoms with Gasteiger partial charge >= 0.3 is 12.5 Å². The number of aromatic nitrogens is 5. The quantitative estimate of drug-likeness (QED) is 0.385. The molecule has 2 heterocycles. The van der Waals surface area contributed by atoms with E-state index in [0.717, 1.165) is 6.07 Å². The summed E-state index contributed by atoms with van der Waals surface area (Å²) in [7, 11) is 0. The van der Waals surface area contributed by atoms with Crippen molar-refractivity contribution in [3.05, 3.63) is 65.9 Å². The van der Waals surface area contributed by atoms with Crippen LogP contribution in [0.15, 0.2) is 53.1 Å². The minimum absolute atomic E-state index is 0.0705. The normalized spacial score (nSPS) is 11.6. The topological polar surface area (TPSA) is 108 Å². The molecule has 0 radical (unpaired) electrons. The van der Waals surface area contributed by atoms with Crippen LogP contribution in [0.4, 0.5) is 23.7 Å². The number of amides is 1.